The van der Waals surface area contributed by atoms with E-state index in [4.69, 9.17) is 22.3 Å². The molecule has 0 aliphatic carbocycles. The van der Waals surface area contributed by atoms with E-state index in [0.717, 1.165) is 12.7 Å². The van der Waals surface area contributed by atoms with Gasteiger partial charge in [-0.15, -0.1) is 0 Å². The molecule has 13 heteroatoms. The van der Waals surface area contributed by atoms with Crippen molar-refractivity contribution in [3.05, 3.63) is 70.8 Å². The van der Waals surface area contributed by atoms with Gasteiger partial charge in [-0.3, -0.25) is 25.2 Å². The van der Waals surface area contributed by atoms with Gasteiger partial charge in [0, 0.05) is 30.5 Å². The molecular weight excluding hydrogens is 494 g/mol. The lowest BCUT2D eigenvalue weighted by Gasteiger charge is -2.33. The molecule has 13 nitrogen and oxygen atoms in total. The summed E-state index contributed by atoms with van der Waals surface area (Å²) in [4.78, 5) is 49.4. The minimum absolute atomic E-state index is 0.0803. The van der Waals surface area contributed by atoms with Crippen LogP contribution < -0.4 is 27.4 Å². The smallest absolute Gasteiger partial charge is 0.407 e. The number of carboxylic acids is 1. The van der Waals surface area contributed by atoms with Gasteiger partial charge >= 0.3 is 12.1 Å². The molecule has 10 N–H and O–H groups in total. The number of nitrogens with one attached hydrogen (secondary N) is 5. The van der Waals surface area contributed by atoms with E-state index in [0.29, 0.717) is 16.7 Å². The number of methoxy groups -OCH3 is 1. The summed E-state index contributed by atoms with van der Waals surface area (Å²) in [7, 11) is 1.10. The molecule has 0 fully saturated rings. The Morgan fingerprint density at radius 1 is 0.947 bits per heavy atom. The van der Waals surface area contributed by atoms with Crippen molar-refractivity contribution < 1.29 is 29.0 Å². The van der Waals surface area contributed by atoms with Crippen LogP contribution in [-0.2, 0) is 32.1 Å². The number of amides is 3. The summed E-state index contributed by atoms with van der Waals surface area (Å²) in [6, 6.07) is 13.1. The number of hydrogen-bond donors (Lipinski definition) is 8. The predicted octanol–water partition coefficient (Wildman–Crippen LogP) is 0.189. The summed E-state index contributed by atoms with van der Waals surface area (Å²) in [5, 5.41) is 31.9. The Balaban J connectivity index is 2.19. The Kier molecular flexibility index (Phi) is 10.3. The molecule has 3 amide bonds. The summed E-state index contributed by atoms with van der Waals surface area (Å²) >= 11 is 0. The lowest BCUT2D eigenvalue weighted by molar-refractivity contribution is -0.138. The number of alkyl carbamates (subject to hydrolysis) is 1. The predicted molar refractivity (Wildman–Crippen MR) is 139 cm³/mol. The number of hydrogen-bond acceptors (Lipinski definition) is 7. The van der Waals surface area contributed by atoms with Gasteiger partial charge in [0.15, 0.2) is 0 Å². The van der Waals surface area contributed by atoms with Crippen LogP contribution in [0, 0.1) is 10.8 Å². The van der Waals surface area contributed by atoms with Crippen LogP contribution in [0.3, 0.4) is 0 Å². The molecule has 1 atom stereocenters. The SMILES string of the molecule is COC(=O)NC(CCC(=O)O)(Cc1cccc(C(=N)N)c1)C(=O)NCC(=O)NCc1ccc(C(=N)N)cc1. The quantitative estimate of drug-likeness (QED) is 0.132. The van der Waals surface area contributed by atoms with E-state index in [9.17, 15) is 24.3 Å². The number of aliphatic carboxylic acids is 1. The molecule has 0 spiro atoms. The molecule has 0 radical (unpaired) electrons. The van der Waals surface area contributed by atoms with E-state index < -0.39 is 42.4 Å². The summed E-state index contributed by atoms with van der Waals surface area (Å²) < 4.78 is 4.67. The summed E-state index contributed by atoms with van der Waals surface area (Å²) in [6.07, 6.45) is -1.90. The van der Waals surface area contributed by atoms with Crippen molar-refractivity contribution in [3.63, 3.8) is 0 Å². The average Bonchev–Trinajstić information content (AvgIpc) is 2.89. The zero-order valence-corrected chi connectivity index (χ0v) is 20.8. The van der Waals surface area contributed by atoms with Crippen molar-refractivity contribution >= 4 is 35.5 Å². The van der Waals surface area contributed by atoms with Gasteiger partial charge in [-0.1, -0.05) is 42.5 Å². The van der Waals surface area contributed by atoms with Crippen molar-refractivity contribution in [2.24, 2.45) is 11.5 Å². The van der Waals surface area contributed by atoms with E-state index in [-0.39, 0.29) is 31.1 Å². The van der Waals surface area contributed by atoms with E-state index >= 15 is 0 Å². The molecule has 0 heterocycles. The van der Waals surface area contributed by atoms with E-state index in [2.05, 4.69) is 20.7 Å². The van der Waals surface area contributed by atoms with Gasteiger partial charge in [-0.25, -0.2) is 4.79 Å². The molecular formula is C25H31N7O6. The first-order valence-corrected chi connectivity index (χ1v) is 11.5. The number of carbonyl (C=O) groups is 4. The van der Waals surface area contributed by atoms with Crippen LogP contribution >= 0.6 is 0 Å². The van der Waals surface area contributed by atoms with Gasteiger partial charge < -0.3 is 37.3 Å². The maximum atomic E-state index is 13.4. The first-order chi connectivity index (χ1) is 18.0. The molecule has 2 aromatic carbocycles. The Morgan fingerprint density at radius 3 is 2.18 bits per heavy atom. The number of carbonyl (C=O) groups excluding carboxylic acids is 3. The number of nitrogens with two attached hydrogens (primary N) is 2. The molecule has 0 aromatic heterocycles. The normalized spacial score (nSPS) is 11.9. The lowest BCUT2D eigenvalue weighted by Crippen LogP contribution is -2.61. The summed E-state index contributed by atoms with van der Waals surface area (Å²) in [5.74, 6) is -2.81. The molecule has 38 heavy (non-hydrogen) atoms. The highest BCUT2D eigenvalue weighted by Gasteiger charge is 2.41. The summed E-state index contributed by atoms with van der Waals surface area (Å²) in [5.41, 5.74) is 11.3. The number of amidine groups is 2. The highest BCUT2D eigenvalue weighted by molar-refractivity contribution is 5.96. The second-order valence-electron chi connectivity index (χ2n) is 8.45. The average molecular weight is 526 g/mol. The number of rotatable bonds is 13. The fourth-order valence-electron chi connectivity index (χ4n) is 3.60. The van der Waals surface area contributed by atoms with Crippen LogP contribution in [0.1, 0.15) is 35.1 Å². The topological polar surface area (TPSA) is 234 Å². The van der Waals surface area contributed by atoms with Crippen LogP contribution in [0.15, 0.2) is 48.5 Å². The second-order valence-corrected chi connectivity index (χ2v) is 8.45. The number of carboxylic acid groups (broad SMARTS) is 1. The molecule has 0 saturated carbocycles. The van der Waals surface area contributed by atoms with Crippen molar-refractivity contribution in [2.75, 3.05) is 13.7 Å². The maximum absolute atomic E-state index is 13.4. The van der Waals surface area contributed by atoms with Crippen molar-refractivity contribution in [1.82, 2.24) is 16.0 Å². The monoisotopic (exact) mass is 525 g/mol. The van der Waals surface area contributed by atoms with Crippen LogP contribution in [0.25, 0.3) is 0 Å². The molecule has 0 saturated heterocycles. The van der Waals surface area contributed by atoms with E-state index in [1.54, 1.807) is 48.5 Å². The Labute approximate surface area is 218 Å². The van der Waals surface area contributed by atoms with Gasteiger partial charge in [0.05, 0.1) is 13.7 Å². The molecule has 1 unspecified atom stereocenters. The van der Waals surface area contributed by atoms with Crippen LogP contribution in [0.4, 0.5) is 4.79 Å². The fourth-order valence-corrected chi connectivity index (χ4v) is 3.60. The summed E-state index contributed by atoms with van der Waals surface area (Å²) in [6.45, 7) is -0.301. The zero-order valence-electron chi connectivity index (χ0n) is 20.8. The Hall–Kier alpha value is -4.94. The number of benzene rings is 2. The van der Waals surface area contributed by atoms with Gasteiger partial charge in [-0.05, 0) is 23.6 Å². The molecule has 0 aliphatic heterocycles. The number of ether oxygens (including phenoxy) is 1. The standard InChI is InChI=1S/C25H31N7O6/c1-38-24(37)32-25(10-9-20(34)35,12-16-3-2-4-18(11-16)22(28)29)23(36)31-14-19(33)30-13-15-5-7-17(8-6-15)21(26)27/h2-8,11H,9-10,12-14H2,1H3,(H3,26,27)(H3,28,29)(H,30,33)(H,31,36)(H,32,37)(H,34,35). The fraction of sp³-hybridized carbons (Fsp3) is 0.280. The molecule has 2 aromatic rings. The van der Waals surface area contributed by atoms with Crippen molar-refractivity contribution in [2.45, 2.75) is 31.3 Å². The first-order valence-electron chi connectivity index (χ1n) is 11.5. The van der Waals surface area contributed by atoms with Crippen LogP contribution in [0.2, 0.25) is 0 Å². The minimum Gasteiger partial charge on any atom is -0.481 e. The minimum atomic E-state index is -1.79. The van der Waals surface area contributed by atoms with Crippen LogP contribution in [0.5, 0.6) is 0 Å². The van der Waals surface area contributed by atoms with Gasteiger partial charge in [0.1, 0.15) is 17.2 Å². The van der Waals surface area contributed by atoms with Crippen molar-refractivity contribution in [3.8, 4) is 0 Å². The maximum Gasteiger partial charge on any atom is 0.407 e. The Bertz CT molecular complexity index is 1210. The highest BCUT2D eigenvalue weighted by Crippen LogP contribution is 2.22. The van der Waals surface area contributed by atoms with E-state index in [1.807, 2.05) is 0 Å². The largest absolute Gasteiger partial charge is 0.481 e. The number of nitrogen functional groups attached to an aromatic ring is 2. The first kappa shape index (κ1) is 29.3. The second kappa shape index (κ2) is 13.4. The van der Waals surface area contributed by atoms with Crippen molar-refractivity contribution in [1.29, 1.82) is 10.8 Å². The molecule has 2 rings (SSSR count). The van der Waals surface area contributed by atoms with Gasteiger partial charge in [0.2, 0.25) is 11.8 Å². The van der Waals surface area contributed by atoms with Gasteiger partial charge in [0.25, 0.3) is 0 Å². The van der Waals surface area contributed by atoms with E-state index in [1.165, 1.54) is 0 Å². The zero-order chi connectivity index (χ0) is 28.3. The molecule has 202 valence electrons. The lowest BCUT2D eigenvalue weighted by atomic mass is 9.84. The van der Waals surface area contributed by atoms with Gasteiger partial charge in [-0.2, -0.15) is 0 Å². The third-order valence-electron chi connectivity index (χ3n) is 5.64. The third-order valence-corrected chi connectivity index (χ3v) is 5.64. The molecule has 0 bridgehead atoms. The Morgan fingerprint density at radius 2 is 1.61 bits per heavy atom. The molecule has 0 aliphatic rings. The highest BCUT2D eigenvalue weighted by atomic mass is 16.5. The third kappa shape index (κ3) is 8.62. The van der Waals surface area contributed by atoms with Crippen LogP contribution in [-0.4, -0.2) is 59.8 Å².